The van der Waals surface area contributed by atoms with Crippen molar-refractivity contribution in [2.45, 2.75) is 31.1 Å². The Hall–Kier alpha value is -1.01. The van der Waals surface area contributed by atoms with E-state index in [1.165, 1.54) is 7.11 Å². The van der Waals surface area contributed by atoms with E-state index in [-0.39, 0.29) is 11.9 Å². The van der Waals surface area contributed by atoms with Gasteiger partial charge in [-0.3, -0.25) is 0 Å². The highest BCUT2D eigenvalue weighted by atomic mass is 35.5. The maximum Gasteiger partial charge on any atom is 0.334 e. The zero-order chi connectivity index (χ0) is 12.0. The summed E-state index contributed by atoms with van der Waals surface area (Å²) in [5.74, 6) is -0.125. The summed E-state index contributed by atoms with van der Waals surface area (Å²) in [5.41, 5.74) is -0.000401. The van der Waals surface area contributed by atoms with Crippen LogP contribution in [0.15, 0.2) is 11.6 Å². The van der Waals surface area contributed by atoms with E-state index >= 15 is 0 Å². The lowest BCUT2D eigenvalue weighted by Crippen LogP contribution is -2.52. The molecule has 0 aromatic carbocycles. The summed E-state index contributed by atoms with van der Waals surface area (Å²) < 4.78 is 4.77. The zero-order valence-corrected chi connectivity index (χ0v) is 10.2. The van der Waals surface area contributed by atoms with Gasteiger partial charge in [0.2, 0.25) is 0 Å². The second-order valence-electron chi connectivity index (χ2n) is 4.82. The molecule has 3 nitrogen and oxygen atoms in total. The summed E-state index contributed by atoms with van der Waals surface area (Å²) in [6.07, 6.45) is 4.33. The van der Waals surface area contributed by atoms with Gasteiger partial charge in [-0.2, -0.15) is 5.26 Å². The van der Waals surface area contributed by atoms with Crippen molar-refractivity contribution in [2.75, 3.05) is 7.11 Å². The van der Waals surface area contributed by atoms with E-state index in [1.807, 2.05) is 13.0 Å². The third kappa shape index (κ3) is 1.29. The Kier molecular flexibility index (Phi) is 2.51. The third-order valence-electron chi connectivity index (χ3n) is 4.01. The van der Waals surface area contributed by atoms with Crippen molar-refractivity contribution in [1.29, 1.82) is 5.26 Å². The highest BCUT2D eigenvalue weighted by molar-refractivity contribution is 6.27. The van der Waals surface area contributed by atoms with Crippen molar-refractivity contribution in [2.24, 2.45) is 11.3 Å². The molecular weight excluding hydrogens is 226 g/mol. The maximum absolute atomic E-state index is 11.7. The van der Waals surface area contributed by atoms with Crippen LogP contribution >= 0.6 is 11.6 Å². The molecule has 0 N–H and O–H groups in total. The number of rotatable bonds is 1. The van der Waals surface area contributed by atoms with Crippen LogP contribution < -0.4 is 0 Å². The van der Waals surface area contributed by atoms with Crippen LogP contribution in [0.25, 0.3) is 0 Å². The highest BCUT2D eigenvalue weighted by Gasteiger charge is 2.58. The number of nitriles is 1. The molecule has 0 radical (unpaired) electrons. The molecule has 16 heavy (non-hydrogen) atoms. The van der Waals surface area contributed by atoms with Crippen LogP contribution in [0.3, 0.4) is 0 Å². The molecule has 0 saturated heterocycles. The minimum absolute atomic E-state index is 0.230. The van der Waals surface area contributed by atoms with Gasteiger partial charge in [0.15, 0.2) is 0 Å². The quantitative estimate of drug-likeness (QED) is 0.522. The molecule has 1 fully saturated rings. The summed E-state index contributed by atoms with van der Waals surface area (Å²) in [6.45, 7) is 1.89. The average molecular weight is 240 g/mol. The fourth-order valence-corrected chi connectivity index (χ4v) is 3.24. The summed E-state index contributed by atoms with van der Waals surface area (Å²) in [5, 5.41) is 9.25. The Morgan fingerprint density at radius 2 is 2.44 bits per heavy atom. The topological polar surface area (TPSA) is 50.1 Å². The van der Waals surface area contributed by atoms with Crippen molar-refractivity contribution >= 4 is 17.6 Å². The smallest absolute Gasteiger partial charge is 0.334 e. The summed E-state index contributed by atoms with van der Waals surface area (Å²) >= 11 is 6.38. The van der Waals surface area contributed by atoms with Crippen molar-refractivity contribution in [3.8, 4) is 6.07 Å². The fraction of sp³-hybridized carbons (Fsp3) is 0.667. The van der Waals surface area contributed by atoms with Crippen LogP contribution in [0.4, 0.5) is 0 Å². The maximum atomic E-state index is 11.7. The van der Waals surface area contributed by atoms with E-state index in [4.69, 9.17) is 16.3 Å². The number of nitrogens with zero attached hydrogens (tertiary/aromatic N) is 1. The molecule has 0 spiro atoms. The molecule has 3 aliphatic carbocycles. The van der Waals surface area contributed by atoms with Crippen molar-refractivity contribution in [3.05, 3.63) is 11.6 Å². The van der Waals surface area contributed by atoms with Crippen molar-refractivity contribution < 1.29 is 9.53 Å². The van der Waals surface area contributed by atoms with Gasteiger partial charge in [0, 0.05) is 11.0 Å². The molecule has 0 aliphatic heterocycles. The molecule has 3 atom stereocenters. The zero-order valence-electron chi connectivity index (χ0n) is 9.42. The van der Waals surface area contributed by atoms with Crippen LogP contribution in [-0.2, 0) is 9.53 Å². The Morgan fingerprint density at radius 1 is 1.75 bits per heavy atom. The summed E-state index contributed by atoms with van der Waals surface area (Å²) in [7, 11) is 1.36. The number of halogens is 1. The first kappa shape index (κ1) is 11.5. The van der Waals surface area contributed by atoms with Gasteiger partial charge in [-0.1, -0.05) is 13.0 Å². The van der Waals surface area contributed by atoms with E-state index in [1.54, 1.807) is 0 Å². The molecule has 0 aromatic heterocycles. The van der Waals surface area contributed by atoms with Crippen LogP contribution in [0.1, 0.15) is 26.2 Å². The molecule has 86 valence electrons. The van der Waals surface area contributed by atoms with E-state index in [9.17, 15) is 10.1 Å². The normalized spacial score (nSPS) is 41.1. The monoisotopic (exact) mass is 239 g/mol. The molecule has 4 heteroatoms. The Balaban J connectivity index is 2.50. The number of fused-ring (bicyclic) bond motifs is 2. The Labute approximate surface area is 100 Å². The standard InChI is InChI=1S/C12H14ClNO2/c1-11-4-3-8(6-12(11,13)7-14)5-9(11)10(15)16-2/h5,8H,3-4,6H2,1-2H3/t8-,11+,12?/m1/s1. The van der Waals surface area contributed by atoms with Crippen molar-refractivity contribution in [1.82, 2.24) is 0 Å². The van der Waals surface area contributed by atoms with Gasteiger partial charge >= 0.3 is 5.97 Å². The Morgan fingerprint density at radius 3 is 3.00 bits per heavy atom. The van der Waals surface area contributed by atoms with E-state index in [0.717, 1.165) is 12.8 Å². The second-order valence-corrected chi connectivity index (χ2v) is 5.47. The lowest BCUT2D eigenvalue weighted by atomic mass is 9.56. The van der Waals surface area contributed by atoms with Gasteiger partial charge in [-0.25, -0.2) is 4.79 Å². The van der Waals surface area contributed by atoms with Gasteiger partial charge in [0.25, 0.3) is 0 Å². The number of methoxy groups -OCH3 is 1. The molecule has 0 heterocycles. The number of hydrogen-bond donors (Lipinski definition) is 0. The van der Waals surface area contributed by atoms with Crippen LogP contribution in [0, 0.1) is 22.7 Å². The first-order chi connectivity index (χ1) is 7.47. The lowest BCUT2D eigenvalue weighted by Gasteiger charge is -2.50. The number of allylic oxidation sites excluding steroid dienone is 1. The van der Waals surface area contributed by atoms with Gasteiger partial charge in [0.05, 0.1) is 13.2 Å². The van der Waals surface area contributed by atoms with E-state index < -0.39 is 10.3 Å². The molecule has 3 rings (SSSR count). The fourth-order valence-electron chi connectivity index (χ4n) is 2.84. The van der Waals surface area contributed by atoms with Crippen LogP contribution in [0.5, 0.6) is 0 Å². The number of carbonyl (C=O) groups is 1. The predicted octanol–water partition coefficient (Wildman–Crippen LogP) is 2.41. The molecule has 1 saturated carbocycles. The largest absolute Gasteiger partial charge is 0.466 e. The van der Waals surface area contributed by atoms with E-state index in [2.05, 4.69) is 6.07 Å². The highest BCUT2D eigenvalue weighted by Crippen LogP contribution is 2.58. The number of alkyl halides is 1. The van der Waals surface area contributed by atoms with Crippen LogP contribution in [0.2, 0.25) is 0 Å². The van der Waals surface area contributed by atoms with Crippen LogP contribution in [-0.4, -0.2) is 18.0 Å². The molecule has 0 amide bonds. The van der Waals surface area contributed by atoms with Crippen molar-refractivity contribution in [3.63, 3.8) is 0 Å². The average Bonchev–Trinajstić information content (AvgIpc) is 2.29. The van der Waals surface area contributed by atoms with Gasteiger partial charge in [0.1, 0.15) is 4.87 Å². The summed E-state index contributed by atoms with van der Waals surface area (Å²) in [4.78, 5) is 10.7. The SMILES string of the molecule is COC(=O)C1=C[C@H]2CC[C@]1(C)C(Cl)(C#N)C2. The van der Waals surface area contributed by atoms with E-state index in [0.29, 0.717) is 12.0 Å². The van der Waals surface area contributed by atoms with Gasteiger partial charge in [-0.15, -0.1) is 11.6 Å². The number of esters is 1. The molecule has 2 bridgehead atoms. The van der Waals surface area contributed by atoms with Gasteiger partial charge in [-0.05, 0) is 25.2 Å². The predicted molar refractivity (Wildman–Crippen MR) is 59.7 cm³/mol. The lowest BCUT2D eigenvalue weighted by molar-refractivity contribution is -0.138. The third-order valence-corrected chi connectivity index (χ3v) is 4.67. The first-order valence-corrected chi connectivity index (χ1v) is 5.75. The van der Waals surface area contributed by atoms with Gasteiger partial charge < -0.3 is 4.74 Å². The molecular formula is C12H14ClNO2. The minimum atomic E-state index is -0.964. The number of hydrogen-bond acceptors (Lipinski definition) is 3. The molecule has 1 unspecified atom stereocenters. The number of carbonyl (C=O) groups excluding carboxylic acids is 1. The first-order valence-electron chi connectivity index (χ1n) is 5.37. The molecule has 3 aliphatic rings. The number of ether oxygens (including phenoxy) is 1. The molecule has 0 aromatic rings. The Bertz CT molecular complexity index is 412. The minimum Gasteiger partial charge on any atom is -0.466 e. The second kappa shape index (κ2) is 3.49. The summed E-state index contributed by atoms with van der Waals surface area (Å²) in [6, 6.07) is 2.18.